The Bertz CT molecular complexity index is 895. The van der Waals surface area contributed by atoms with Crippen molar-refractivity contribution in [3.63, 3.8) is 0 Å². The molecule has 7 nitrogen and oxygen atoms in total. The standard InChI is InChI=1S/C20H26N2O5S2/c1-3-26-18-6-4-12-22(14-18)19(23)15-27-17-10-8-16(9-11-17)21(2)29(24,25)20-7-5-13-28-20/h5,7-11,13,18H,3-4,6,12,14-15H2,1-2H3. The molecule has 9 heteroatoms. The van der Waals surface area contributed by atoms with E-state index in [1.807, 2.05) is 6.92 Å². The van der Waals surface area contributed by atoms with Gasteiger partial charge in [0.05, 0.1) is 11.8 Å². The van der Waals surface area contributed by atoms with Crippen molar-refractivity contribution in [2.45, 2.75) is 30.1 Å². The first-order chi connectivity index (χ1) is 13.9. The van der Waals surface area contributed by atoms with Crippen LogP contribution in [-0.4, -0.2) is 58.7 Å². The summed E-state index contributed by atoms with van der Waals surface area (Å²) in [4.78, 5) is 14.2. The number of hydrogen-bond acceptors (Lipinski definition) is 6. The van der Waals surface area contributed by atoms with Gasteiger partial charge in [0.25, 0.3) is 15.9 Å². The molecule has 1 aromatic carbocycles. The Morgan fingerprint density at radius 1 is 1.28 bits per heavy atom. The molecule has 0 spiro atoms. The number of carbonyl (C=O) groups is 1. The van der Waals surface area contributed by atoms with Gasteiger partial charge >= 0.3 is 0 Å². The zero-order valence-electron chi connectivity index (χ0n) is 16.6. The highest BCUT2D eigenvalue weighted by atomic mass is 32.2. The van der Waals surface area contributed by atoms with E-state index >= 15 is 0 Å². The van der Waals surface area contributed by atoms with Crippen LogP contribution >= 0.6 is 11.3 Å². The molecule has 1 aliphatic heterocycles. The van der Waals surface area contributed by atoms with E-state index in [9.17, 15) is 13.2 Å². The van der Waals surface area contributed by atoms with Gasteiger partial charge < -0.3 is 14.4 Å². The molecular weight excluding hydrogens is 412 g/mol. The van der Waals surface area contributed by atoms with E-state index in [0.29, 0.717) is 24.6 Å². The summed E-state index contributed by atoms with van der Waals surface area (Å²) in [5.41, 5.74) is 0.521. The van der Waals surface area contributed by atoms with Crippen LogP contribution in [-0.2, 0) is 19.6 Å². The minimum absolute atomic E-state index is 0.0540. The van der Waals surface area contributed by atoms with Crippen LogP contribution in [0.5, 0.6) is 5.75 Å². The third-order valence-electron chi connectivity index (χ3n) is 4.81. The van der Waals surface area contributed by atoms with Gasteiger partial charge in [0, 0.05) is 26.7 Å². The second-order valence-electron chi connectivity index (χ2n) is 6.75. The molecule has 158 valence electrons. The molecule has 3 rings (SSSR count). The third-order valence-corrected chi connectivity index (χ3v) is 7.96. The molecule has 1 amide bonds. The summed E-state index contributed by atoms with van der Waals surface area (Å²) in [5.74, 6) is 0.443. The Balaban J connectivity index is 1.56. The van der Waals surface area contributed by atoms with E-state index in [2.05, 4.69) is 0 Å². The number of amides is 1. The predicted molar refractivity (Wildman–Crippen MR) is 113 cm³/mol. The number of likely N-dealkylation sites (tertiary alicyclic amines) is 1. The predicted octanol–water partition coefficient (Wildman–Crippen LogP) is 2.98. The first kappa shape index (κ1) is 21.6. The molecular formula is C20H26N2O5S2. The lowest BCUT2D eigenvalue weighted by molar-refractivity contribution is -0.137. The minimum atomic E-state index is -3.57. The fourth-order valence-electron chi connectivity index (χ4n) is 3.21. The highest BCUT2D eigenvalue weighted by Gasteiger charge is 2.24. The minimum Gasteiger partial charge on any atom is -0.484 e. The number of ether oxygens (including phenoxy) is 2. The van der Waals surface area contributed by atoms with Gasteiger partial charge in [0.1, 0.15) is 9.96 Å². The zero-order chi connectivity index (χ0) is 20.9. The van der Waals surface area contributed by atoms with Gasteiger partial charge in [-0.25, -0.2) is 8.42 Å². The Kier molecular flexibility index (Phi) is 7.15. The van der Waals surface area contributed by atoms with Crippen molar-refractivity contribution >= 4 is 33.0 Å². The molecule has 29 heavy (non-hydrogen) atoms. The lowest BCUT2D eigenvalue weighted by atomic mass is 10.1. The van der Waals surface area contributed by atoms with E-state index in [1.165, 1.54) is 22.7 Å². The number of sulfonamides is 1. The van der Waals surface area contributed by atoms with Crippen molar-refractivity contribution in [1.29, 1.82) is 0 Å². The number of thiophene rings is 1. The highest BCUT2D eigenvalue weighted by Crippen LogP contribution is 2.26. The molecule has 1 saturated heterocycles. The Hall–Kier alpha value is -2.10. The topological polar surface area (TPSA) is 76.2 Å². The molecule has 1 fully saturated rings. The molecule has 0 radical (unpaired) electrons. The maximum atomic E-state index is 12.6. The first-order valence-electron chi connectivity index (χ1n) is 9.56. The summed E-state index contributed by atoms with van der Waals surface area (Å²) in [6.45, 7) is 3.86. The van der Waals surface area contributed by atoms with Crippen molar-refractivity contribution in [2.24, 2.45) is 0 Å². The highest BCUT2D eigenvalue weighted by molar-refractivity contribution is 7.94. The van der Waals surface area contributed by atoms with Gasteiger partial charge in [-0.1, -0.05) is 6.07 Å². The Morgan fingerprint density at radius 3 is 2.69 bits per heavy atom. The molecule has 1 unspecified atom stereocenters. The van der Waals surface area contributed by atoms with Gasteiger partial charge in [-0.05, 0) is 55.5 Å². The van der Waals surface area contributed by atoms with E-state index in [1.54, 1.807) is 46.7 Å². The second kappa shape index (κ2) is 9.60. The number of piperidine rings is 1. The van der Waals surface area contributed by atoms with Crippen LogP contribution in [0.1, 0.15) is 19.8 Å². The molecule has 2 heterocycles. The van der Waals surface area contributed by atoms with Crippen LogP contribution in [0.2, 0.25) is 0 Å². The fraction of sp³-hybridized carbons (Fsp3) is 0.450. The van der Waals surface area contributed by atoms with Crippen molar-refractivity contribution in [3.8, 4) is 5.75 Å². The van der Waals surface area contributed by atoms with Crippen LogP contribution in [0.15, 0.2) is 46.0 Å². The van der Waals surface area contributed by atoms with Crippen molar-refractivity contribution in [3.05, 3.63) is 41.8 Å². The quantitative estimate of drug-likeness (QED) is 0.633. The lowest BCUT2D eigenvalue weighted by Crippen LogP contribution is -2.45. The normalized spacial score (nSPS) is 17.2. The maximum absolute atomic E-state index is 12.6. The van der Waals surface area contributed by atoms with Crippen molar-refractivity contribution < 1.29 is 22.7 Å². The van der Waals surface area contributed by atoms with Gasteiger partial charge in [0.15, 0.2) is 6.61 Å². The molecule has 0 bridgehead atoms. The van der Waals surface area contributed by atoms with Crippen LogP contribution in [0.4, 0.5) is 5.69 Å². The van der Waals surface area contributed by atoms with E-state index in [4.69, 9.17) is 9.47 Å². The largest absolute Gasteiger partial charge is 0.484 e. The number of benzene rings is 1. The molecule has 0 N–H and O–H groups in total. The zero-order valence-corrected chi connectivity index (χ0v) is 18.2. The average molecular weight is 439 g/mol. The number of rotatable bonds is 8. The fourth-order valence-corrected chi connectivity index (χ4v) is 5.57. The smallest absolute Gasteiger partial charge is 0.273 e. The maximum Gasteiger partial charge on any atom is 0.273 e. The number of carbonyl (C=O) groups excluding carboxylic acids is 1. The molecule has 1 aliphatic rings. The second-order valence-corrected chi connectivity index (χ2v) is 9.89. The van der Waals surface area contributed by atoms with Gasteiger partial charge in [-0.15, -0.1) is 11.3 Å². The van der Waals surface area contributed by atoms with E-state index in [-0.39, 0.29) is 22.8 Å². The summed E-state index contributed by atoms with van der Waals surface area (Å²) in [6.07, 6.45) is 2.00. The molecule has 2 aromatic rings. The SMILES string of the molecule is CCOC1CCCN(C(=O)COc2ccc(N(C)S(=O)(=O)c3cccs3)cc2)C1. The van der Waals surface area contributed by atoms with Crippen LogP contribution in [0, 0.1) is 0 Å². The average Bonchev–Trinajstić information content (AvgIpc) is 3.28. The van der Waals surface area contributed by atoms with Crippen LogP contribution in [0.25, 0.3) is 0 Å². The van der Waals surface area contributed by atoms with Gasteiger partial charge in [-0.3, -0.25) is 9.10 Å². The van der Waals surface area contributed by atoms with Gasteiger partial charge in [-0.2, -0.15) is 0 Å². The molecule has 1 aromatic heterocycles. The molecule has 0 aliphatic carbocycles. The number of nitrogens with zero attached hydrogens (tertiary/aromatic N) is 2. The van der Waals surface area contributed by atoms with E-state index in [0.717, 1.165) is 19.4 Å². The Labute approximate surface area is 175 Å². The number of hydrogen-bond donors (Lipinski definition) is 0. The summed E-state index contributed by atoms with van der Waals surface area (Å²) in [5, 5.41) is 1.73. The van der Waals surface area contributed by atoms with Crippen molar-refractivity contribution in [1.82, 2.24) is 4.90 Å². The van der Waals surface area contributed by atoms with Crippen molar-refractivity contribution in [2.75, 3.05) is 37.7 Å². The first-order valence-corrected chi connectivity index (χ1v) is 11.9. The molecule has 0 saturated carbocycles. The summed E-state index contributed by atoms with van der Waals surface area (Å²) in [7, 11) is -2.06. The Morgan fingerprint density at radius 2 is 2.03 bits per heavy atom. The third kappa shape index (κ3) is 5.29. The van der Waals surface area contributed by atoms with Crippen LogP contribution < -0.4 is 9.04 Å². The summed E-state index contributed by atoms with van der Waals surface area (Å²) < 4.78 is 37.9. The monoisotopic (exact) mass is 438 g/mol. The number of anilines is 1. The molecule has 1 atom stereocenters. The van der Waals surface area contributed by atoms with Gasteiger partial charge in [0.2, 0.25) is 0 Å². The summed E-state index contributed by atoms with van der Waals surface area (Å²) in [6, 6.07) is 9.95. The van der Waals surface area contributed by atoms with E-state index < -0.39 is 10.0 Å². The summed E-state index contributed by atoms with van der Waals surface area (Å²) >= 11 is 1.18. The van der Waals surface area contributed by atoms with Crippen LogP contribution in [0.3, 0.4) is 0 Å². The lowest BCUT2D eigenvalue weighted by Gasteiger charge is -2.32.